The molecule has 1 aromatic carbocycles. The second-order valence-corrected chi connectivity index (χ2v) is 6.44. The Bertz CT molecular complexity index is 375. The molecule has 0 radical (unpaired) electrons. The quantitative estimate of drug-likeness (QED) is 0.771. The maximum absolute atomic E-state index is 10.5. The number of benzene rings is 1. The molecule has 2 nitrogen and oxygen atoms in total. The highest BCUT2D eigenvalue weighted by Crippen LogP contribution is 2.34. The zero-order valence-electron chi connectivity index (χ0n) is 12.2. The Morgan fingerprint density at radius 2 is 1.47 bits per heavy atom. The Hall–Kier alpha value is -0.380. The van der Waals surface area contributed by atoms with Gasteiger partial charge < -0.3 is 10.2 Å². The van der Waals surface area contributed by atoms with E-state index in [1.165, 1.54) is 0 Å². The molecule has 0 aliphatic heterocycles. The lowest BCUT2D eigenvalue weighted by Crippen LogP contribution is -2.22. The van der Waals surface area contributed by atoms with Gasteiger partial charge in [0.05, 0.1) is 6.10 Å². The van der Waals surface area contributed by atoms with Crippen LogP contribution < -0.4 is 0 Å². The summed E-state index contributed by atoms with van der Waals surface area (Å²) in [6.07, 6.45) is -0.990. The van der Waals surface area contributed by atoms with E-state index in [1.54, 1.807) is 0 Å². The minimum Gasteiger partial charge on any atom is -0.390 e. The molecule has 0 heterocycles. The molecule has 2 N–H and O–H groups in total. The summed E-state index contributed by atoms with van der Waals surface area (Å²) < 4.78 is 0. The van der Waals surface area contributed by atoms with Crippen LogP contribution >= 0.6 is 15.9 Å². The van der Waals surface area contributed by atoms with Crippen molar-refractivity contribution in [2.24, 2.45) is 0 Å². The highest BCUT2D eigenvalue weighted by atomic mass is 79.9. The van der Waals surface area contributed by atoms with Crippen LogP contribution in [0.4, 0.5) is 0 Å². The van der Waals surface area contributed by atoms with Gasteiger partial charge in [0.15, 0.2) is 0 Å². The molecule has 0 saturated heterocycles. The van der Waals surface area contributed by atoms with E-state index in [0.29, 0.717) is 23.6 Å². The van der Waals surface area contributed by atoms with Crippen LogP contribution in [0.25, 0.3) is 0 Å². The van der Waals surface area contributed by atoms with Gasteiger partial charge in [0.2, 0.25) is 0 Å². The van der Waals surface area contributed by atoms with Crippen LogP contribution in [0, 0.1) is 0 Å². The van der Waals surface area contributed by atoms with E-state index in [-0.39, 0.29) is 0 Å². The molecular formula is C16H25BrO2. The predicted molar refractivity (Wildman–Crippen MR) is 84.0 cm³/mol. The van der Waals surface area contributed by atoms with Crippen molar-refractivity contribution in [1.82, 2.24) is 0 Å². The standard InChI is InChI=1S/C16H25BrO2/c1-10(2)12-6-5-7-13(11(3)4)15(12)16(19)14(18)8-9-17/h5-7,10-11,14,16,18-19H,8-9H2,1-4H3. The lowest BCUT2D eigenvalue weighted by Gasteiger charge is -2.26. The Labute approximate surface area is 125 Å². The first kappa shape index (κ1) is 16.7. The van der Waals surface area contributed by atoms with Crippen molar-refractivity contribution in [1.29, 1.82) is 0 Å². The van der Waals surface area contributed by atoms with Crippen molar-refractivity contribution in [2.45, 2.75) is 58.2 Å². The van der Waals surface area contributed by atoms with E-state index in [1.807, 2.05) is 6.07 Å². The zero-order chi connectivity index (χ0) is 14.6. The maximum atomic E-state index is 10.5. The molecule has 2 atom stereocenters. The first-order chi connectivity index (χ1) is 8.90. The molecule has 0 saturated carbocycles. The summed E-state index contributed by atoms with van der Waals surface area (Å²) in [5.74, 6) is 0.666. The van der Waals surface area contributed by atoms with Crippen LogP contribution in [0.1, 0.15) is 68.7 Å². The lowest BCUT2D eigenvalue weighted by atomic mass is 9.84. The number of halogens is 1. The molecule has 2 unspecified atom stereocenters. The van der Waals surface area contributed by atoms with Crippen molar-refractivity contribution in [2.75, 3.05) is 5.33 Å². The molecule has 19 heavy (non-hydrogen) atoms. The second-order valence-electron chi connectivity index (χ2n) is 5.65. The first-order valence-corrected chi connectivity index (χ1v) is 8.07. The van der Waals surface area contributed by atoms with Gasteiger partial charge in [0.1, 0.15) is 6.10 Å². The van der Waals surface area contributed by atoms with Crippen molar-refractivity contribution in [3.63, 3.8) is 0 Å². The highest BCUT2D eigenvalue weighted by Gasteiger charge is 2.25. The smallest absolute Gasteiger partial charge is 0.105 e. The number of aliphatic hydroxyl groups excluding tert-OH is 2. The summed E-state index contributed by atoms with van der Waals surface area (Å²) in [5.41, 5.74) is 3.18. The predicted octanol–water partition coefficient (Wildman–Crippen LogP) is 4.11. The average Bonchev–Trinajstić information content (AvgIpc) is 2.36. The molecule has 1 rings (SSSR count). The second kappa shape index (κ2) is 7.41. The lowest BCUT2D eigenvalue weighted by molar-refractivity contribution is 0.0161. The minimum absolute atomic E-state index is 0.333. The number of hydrogen-bond donors (Lipinski definition) is 2. The van der Waals surface area contributed by atoms with Crippen molar-refractivity contribution < 1.29 is 10.2 Å². The van der Waals surface area contributed by atoms with E-state index in [2.05, 4.69) is 55.8 Å². The number of aliphatic hydroxyl groups is 2. The van der Waals surface area contributed by atoms with Crippen molar-refractivity contribution >= 4 is 15.9 Å². The molecule has 0 aliphatic rings. The average molecular weight is 329 g/mol. The summed E-state index contributed by atoms with van der Waals surface area (Å²) >= 11 is 3.31. The van der Waals surface area contributed by atoms with E-state index in [4.69, 9.17) is 0 Å². The fourth-order valence-corrected chi connectivity index (χ4v) is 2.88. The SMILES string of the molecule is CC(C)c1cccc(C(C)C)c1C(O)C(O)CCBr. The molecule has 0 fully saturated rings. The largest absolute Gasteiger partial charge is 0.390 e. The highest BCUT2D eigenvalue weighted by molar-refractivity contribution is 9.09. The Morgan fingerprint density at radius 1 is 1.00 bits per heavy atom. The van der Waals surface area contributed by atoms with Crippen LogP contribution in [0.15, 0.2) is 18.2 Å². The van der Waals surface area contributed by atoms with Crippen molar-refractivity contribution in [3.05, 3.63) is 34.9 Å². The summed E-state index contributed by atoms with van der Waals surface area (Å²) in [4.78, 5) is 0. The van der Waals surface area contributed by atoms with Gasteiger partial charge in [0.25, 0.3) is 0 Å². The van der Waals surface area contributed by atoms with Gasteiger partial charge in [-0.2, -0.15) is 0 Å². The third kappa shape index (κ3) is 4.04. The number of hydrogen-bond acceptors (Lipinski definition) is 2. The summed E-state index contributed by atoms with van der Waals surface area (Å²) in [6.45, 7) is 8.47. The van der Waals surface area contributed by atoms with E-state index in [0.717, 1.165) is 16.7 Å². The molecule has 1 aromatic rings. The maximum Gasteiger partial charge on any atom is 0.105 e. The fraction of sp³-hybridized carbons (Fsp3) is 0.625. The van der Waals surface area contributed by atoms with Crippen molar-refractivity contribution in [3.8, 4) is 0 Å². The molecule has 108 valence electrons. The van der Waals surface area contributed by atoms with Crippen LogP contribution in [-0.2, 0) is 0 Å². The minimum atomic E-state index is -0.812. The van der Waals surface area contributed by atoms with Crippen LogP contribution in [0.3, 0.4) is 0 Å². The molecule has 3 heteroatoms. The summed E-state index contributed by atoms with van der Waals surface area (Å²) in [5, 5.41) is 21.3. The third-order valence-electron chi connectivity index (χ3n) is 3.48. The van der Waals surface area contributed by atoms with Crippen LogP contribution in [-0.4, -0.2) is 21.6 Å². The van der Waals surface area contributed by atoms with Crippen LogP contribution in [0.5, 0.6) is 0 Å². The van der Waals surface area contributed by atoms with E-state index < -0.39 is 12.2 Å². The van der Waals surface area contributed by atoms with Gasteiger partial charge >= 0.3 is 0 Å². The summed E-state index contributed by atoms with van der Waals surface area (Å²) in [7, 11) is 0. The fourth-order valence-electron chi connectivity index (χ4n) is 2.41. The monoisotopic (exact) mass is 328 g/mol. The topological polar surface area (TPSA) is 40.5 Å². The Morgan fingerprint density at radius 3 is 1.84 bits per heavy atom. The molecule has 0 aromatic heterocycles. The number of rotatable bonds is 6. The number of alkyl halides is 1. The molecule has 0 aliphatic carbocycles. The third-order valence-corrected chi connectivity index (χ3v) is 3.94. The van der Waals surface area contributed by atoms with Gasteiger partial charge in [-0.05, 0) is 34.9 Å². The molecule has 0 bridgehead atoms. The zero-order valence-corrected chi connectivity index (χ0v) is 13.8. The molecule has 0 spiro atoms. The first-order valence-electron chi connectivity index (χ1n) is 6.94. The molecular weight excluding hydrogens is 304 g/mol. The van der Waals surface area contributed by atoms with E-state index in [9.17, 15) is 10.2 Å². The Balaban J connectivity index is 3.28. The van der Waals surface area contributed by atoms with E-state index >= 15 is 0 Å². The Kier molecular flexibility index (Phi) is 6.51. The normalized spacial score (nSPS) is 15.0. The van der Waals surface area contributed by atoms with Gasteiger partial charge in [-0.3, -0.25) is 0 Å². The van der Waals surface area contributed by atoms with Gasteiger partial charge in [-0.1, -0.05) is 61.8 Å². The van der Waals surface area contributed by atoms with Gasteiger partial charge in [0, 0.05) is 5.33 Å². The van der Waals surface area contributed by atoms with Gasteiger partial charge in [-0.25, -0.2) is 0 Å². The van der Waals surface area contributed by atoms with Gasteiger partial charge in [-0.15, -0.1) is 0 Å². The molecule has 0 amide bonds. The summed E-state index contributed by atoms with van der Waals surface area (Å²) in [6, 6.07) is 6.14. The van der Waals surface area contributed by atoms with Crippen LogP contribution in [0.2, 0.25) is 0 Å².